The molecule has 120 valence electrons. The number of nitrogens with zero attached hydrogens (tertiary/aromatic N) is 1. The number of hydrogen-bond acceptors (Lipinski definition) is 4. The molecule has 1 aliphatic rings. The highest BCUT2D eigenvalue weighted by Crippen LogP contribution is 2.18. The van der Waals surface area contributed by atoms with Crippen molar-refractivity contribution in [3.05, 3.63) is 29.8 Å². The second-order valence-electron chi connectivity index (χ2n) is 5.13. The average Bonchev–Trinajstić information content (AvgIpc) is 2.55. The van der Waals surface area contributed by atoms with Gasteiger partial charge in [0.05, 0.1) is 19.3 Å². The Labute approximate surface area is 130 Å². The van der Waals surface area contributed by atoms with Crippen LogP contribution in [0, 0.1) is 0 Å². The molecule has 2 rings (SSSR count). The van der Waals surface area contributed by atoms with Gasteiger partial charge in [-0.05, 0) is 31.9 Å². The van der Waals surface area contributed by atoms with E-state index in [0.29, 0.717) is 31.0 Å². The maximum absolute atomic E-state index is 12.3. The molecule has 0 aromatic heterocycles. The first-order valence-electron chi connectivity index (χ1n) is 7.51. The number of methoxy groups -OCH3 is 1. The van der Waals surface area contributed by atoms with Crippen LogP contribution < -0.4 is 10.1 Å². The van der Waals surface area contributed by atoms with Gasteiger partial charge in [-0.3, -0.25) is 4.79 Å². The summed E-state index contributed by atoms with van der Waals surface area (Å²) in [6.07, 6.45) is 1.16. The summed E-state index contributed by atoms with van der Waals surface area (Å²) in [7, 11) is 1.55. The monoisotopic (exact) mass is 306 g/mol. The third kappa shape index (κ3) is 3.90. The van der Waals surface area contributed by atoms with Crippen molar-refractivity contribution in [2.24, 2.45) is 0 Å². The maximum atomic E-state index is 12.3. The minimum atomic E-state index is -0.281. The van der Waals surface area contributed by atoms with E-state index in [1.54, 1.807) is 37.1 Å². The standard InChI is InChI=1S/C16H22N2O4/c1-3-22-16(20)18-10-8-12(9-11-18)17-15(19)13-6-4-5-7-14(13)21-2/h4-7,12H,3,8-11H2,1-2H3,(H,17,19). The minimum Gasteiger partial charge on any atom is -0.496 e. The van der Waals surface area contributed by atoms with Crippen LogP contribution in [0.1, 0.15) is 30.1 Å². The van der Waals surface area contributed by atoms with Crippen molar-refractivity contribution in [3.8, 4) is 5.75 Å². The molecular formula is C16H22N2O4. The van der Waals surface area contributed by atoms with Crippen LogP contribution in [-0.2, 0) is 4.74 Å². The lowest BCUT2D eigenvalue weighted by Crippen LogP contribution is -2.46. The zero-order valence-electron chi connectivity index (χ0n) is 13.0. The van der Waals surface area contributed by atoms with Crippen LogP contribution in [0.3, 0.4) is 0 Å². The van der Waals surface area contributed by atoms with Gasteiger partial charge >= 0.3 is 6.09 Å². The van der Waals surface area contributed by atoms with Crippen LogP contribution in [0.15, 0.2) is 24.3 Å². The van der Waals surface area contributed by atoms with Gasteiger partial charge in [-0.25, -0.2) is 4.79 Å². The number of carbonyl (C=O) groups excluding carboxylic acids is 2. The Morgan fingerprint density at radius 1 is 1.27 bits per heavy atom. The molecule has 1 saturated heterocycles. The van der Waals surface area contributed by atoms with Gasteiger partial charge in [0.25, 0.3) is 5.91 Å². The second kappa shape index (κ2) is 7.68. The van der Waals surface area contributed by atoms with Crippen LogP contribution in [0.4, 0.5) is 4.79 Å². The fourth-order valence-electron chi connectivity index (χ4n) is 2.52. The van der Waals surface area contributed by atoms with Crippen LogP contribution in [0.2, 0.25) is 0 Å². The van der Waals surface area contributed by atoms with Gasteiger partial charge in [-0.2, -0.15) is 0 Å². The number of nitrogens with one attached hydrogen (secondary N) is 1. The molecule has 1 N–H and O–H groups in total. The highest BCUT2D eigenvalue weighted by atomic mass is 16.6. The molecule has 1 fully saturated rings. The van der Waals surface area contributed by atoms with Crippen molar-refractivity contribution in [1.29, 1.82) is 0 Å². The summed E-state index contributed by atoms with van der Waals surface area (Å²) in [5.74, 6) is 0.413. The van der Waals surface area contributed by atoms with E-state index in [-0.39, 0.29) is 18.0 Å². The van der Waals surface area contributed by atoms with E-state index < -0.39 is 0 Å². The number of rotatable bonds is 4. The van der Waals surface area contributed by atoms with Crippen molar-refractivity contribution < 1.29 is 19.1 Å². The van der Waals surface area contributed by atoms with Gasteiger partial charge < -0.3 is 19.7 Å². The topological polar surface area (TPSA) is 67.9 Å². The summed E-state index contributed by atoms with van der Waals surface area (Å²) in [6, 6.07) is 7.19. The molecule has 0 unspecified atom stereocenters. The molecule has 6 nitrogen and oxygen atoms in total. The van der Waals surface area contributed by atoms with Crippen LogP contribution >= 0.6 is 0 Å². The van der Waals surface area contributed by atoms with Crippen LogP contribution in [-0.4, -0.2) is 49.7 Å². The molecule has 22 heavy (non-hydrogen) atoms. The predicted molar refractivity (Wildman–Crippen MR) is 82.1 cm³/mol. The van der Waals surface area contributed by atoms with Gasteiger partial charge in [-0.1, -0.05) is 12.1 Å². The molecule has 2 amide bonds. The summed E-state index contributed by atoms with van der Waals surface area (Å²) in [5, 5.41) is 3.00. The first-order valence-corrected chi connectivity index (χ1v) is 7.51. The van der Waals surface area contributed by atoms with Crippen LogP contribution in [0.5, 0.6) is 5.75 Å². The molecular weight excluding hydrogens is 284 g/mol. The average molecular weight is 306 g/mol. The van der Waals surface area contributed by atoms with Crippen molar-refractivity contribution in [1.82, 2.24) is 10.2 Å². The zero-order chi connectivity index (χ0) is 15.9. The lowest BCUT2D eigenvalue weighted by atomic mass is 10.0. The van der Waals surface area contributed by atoms with Crippen molar-refractivity contribution in [3.63, 3.8) is 0 Å². The number of likely N-dealkylation sites (tertiary alicyclic amines) is 1. The van der Waals surface area contributed by atoms with E-state index in [2.05, 4.69) is 5.32 Å². The van der Waals surface area contributed by atoms with Gasteiger partial charge in [-0.15, -0.1) is 0 Å². The molecule has 1 heterocycles. The quantitative estimate of drug-likeness (QED) is 0.924. The third-order valence-electron chi connectivity index (χ3n) is 3.71. The Hall–Kier alpha value is -2.24. The summed E-state index contributed by atoms with van der Waals surface area (Å²) < 4.78 is 10.2. The van der Waals surface area contributed by atoms with E-state index in [9.17, 15) is 9.59 Å². The minimum absolute atomic E-state index is 0.0584. The Morgan fingerprint density at radius 2 is 1.95 bits per heavy atom. The third-order valence-corrected chi connectivity index (χ3v) is 3.71. The normalized spacial score (nSPS) is 15.3. The van der Waals surface area contributed by atoms with Gasteiger partial charge in [0.15, 0.2) is 0 Å². The molecule has 1 aromatic carbocycles. The Balaban J connectivity index is 1.88. The summed E-state index contributed by atoms with van der Waals surface area (Å²) >= 11 is 0. The second-order valence-corrected chi connectivity index (χ2v) is 5.13. The van der Waals surface area contributed by atoms with E-state index in [1.807, 2.05) is 6.07 Å². The first-order chi connectivity index (χ1) is 10.7. The number of amides is 2. The highest BCUT2D eigenvalue weighted by Gasteiger charge is 2.25. The van der Waals surface area contributed by atoms with Gasteiger partial charge in [0.2, 0.25) is 0 Å². The summed E-state index contributed by atoms with van der Waals surface area (Å²) in [6.45, 7) is 3.35. The lowest BCUT2D eigenvalue weighted by Gasteiger charge is -2.31. The molecule has 0 aliphatic carbocycles. The van der Waals surface area contributed by atoms with Gasteiger partial charge in [0, 0.05) is 19.1 Å². The molecule has 0 spiro atoms. The lowest BCUT2D eigenvalue weighted by molar-refractivity contribution is 0.0858. The molecule has 1 aliphatic heterocycles. The zero-order valence-corrected chi connectivity index (χ0v) is 13.0. The van der Waals surface area contributed by atoms with Crippen molar-refractivity contribution in [2.75, 3.05) is 26.8 Å². The Morgan fingerprint density at radius 3 is 2.59 bits per heavy atom. The van der Waals surface area contributed by atoms with Crippen LogP contribution in [0.25, 0.3) is 0 Å². The van der Waals surface area contributed by atoms with E-state index in [4.69, 9.17) is 9.47 Å². The molecule has 0 radical (unpaired) electrons. The fourth-order valence-corrected chi connectivity index (χ4v) is 2.52. The highest BCUT2D eigenvalue weighted by molar-refractivity contribution is 5.97. The number of piperidine rings is 1. The Bertz CT molecular complexity index is 525. The number of ether oxygens (including phenoxy) is 2. The molecule has 6 heteroatoms. The predicted octanol–water partition coefficient (Wildman–Crippen LogP) is 2.05. The van der Waals surface area contributed by atoms with Crippen molar-refractivity contribution >= 4 is 12.0 Å². The number of benzene rings is 1. The molecule has 0 saturated carbocycles. The summed E-state index contributed by atoms with van der Waals surface area (Å²) in [4.78, 5) is 25.6. The molecule has 0 atom stereocenters. The largest absolute Gasteiger partial charge is 0.496 e. The SMILES string of the molecule is CCOC(=O)N1CCC(NC(=O)c2ccccc2OC)CC1. The summed E-state index contributed by atoms with van der Waals surface area (Å²) in [5.41, 5.74) is 0.526. The smallest absolute Gasteiger partial charge is 0.409 e. The first kappa shape index (κ1) is 16.1. The molecule has 0 bridgehead atoms. The van der Waals surface area contributed by atoms with E-state index in [0.717, 1.165) is 12.8 Å². The van der Waals surface area contributed by atoms with E-state index in [1.165, 1.54) is 0 Å². The molecule has 1 aromatic rings. The Kier molecular flexibility index (Phi) is 5.63. The maximum Gasteiger partial charge on any atom is 0.409 e. The van der Waals surface area contributed by atoms with Gasteiger partial charge in [0.1, 0.15) is 5.75 Å². The fraction of sp³-hybridized carbons (Fsp3) is 0.500. The number of para-hydroxylation sites is 1. The number of hydrogen-bond donors (Lipinski definition) is 1. The number of carbonyl (C=O) groups is 2. The van der Waals surface area contributed by atoms with E-state index >= 15 is 0 Å². The van der Waals surface area contributed by atoms with Crippen molar-refractivity contribution in [2.45, 2.75) is 25.8 Å².